The Morgan fingerprint density at radius 2 is 1.90 bits per heavy atom. The van der Waals surface area contributed by atoms with E-state index >= 15 is 0 Å². The van der Waals surface area contributed by atoms with Crippen molar-refractivity contribution in [2.45, 2.75) is 11.4 Å². The monoisotopic (exact) mass is 438 g/mol. The Morgan fingerprint density at radius 1 is 1.14 bits per heavy atom. The number of hydrogen-bond donors (Lipinski definition) is 4. The van der Waals surface area contributed by atoms with E-state index in [0.29, 0.717) is 12.1 Å². The van der Waals surface area contributed by atoms with E-state index in [1.54, 1.807) is 19.2 Å². The second kappa shape index (κ2) is 8.84. The maximum Gasteiger partial charge on any atom is 0.268 e. The van der Waals surface area contributed by atoms with Crippen molar-refractivity contribution in [3.63, 3.8) is 0 Å². The maximum absolute atomic E-state index is 14.4. The lowest BCUT2D eigenvalue weighted by Gasteiger charge is -2.12. The predicted molar refractivity (Wildman–Crippen MR) is 109 cm³/mol. The molecule has 0 aliphatic carbocycles. The summed E-state index contributed by atoms with van der Waals surface area (Å²) in [6.07, 6.45) is 1.44. The molecule has 0 radical (unpaired) electrons. The average molecular weight is 439 g/mol. The average Bonchev–Trinajstić information content (AvgIpc) is 3.12. The Balaban J connectivity index is 2.10. The van der Waals surface area contributed by atoms with E-state index in [9.17, 15) is 17.0 Å². The van der Waals surface area contributed by atoms with Crippen LogP contribution >= 0.6 is 0 Å². The summed E-state index contributed by atoms with van der Waals surface area (Å²) >= 11 is -2.32. The predicted octanol–water partition coefficient (Wildman–Crippen LogP) is 2.30. The van der Waals surface area contributed by atoms with Crippen LogP contribution in [0.5, 0.6) is 0 Å². The molecule has 0 aliphatic heterocycles. The summed E-state index contributed by atoms with van der Waals surface area (Å²) in [5.41, 5.74) is 3.73. The zero-order valence-electron chi connectivity index (χ0n) is 15.3. The zero-order chi connectivity index (χ0) is 21.0. The third-order valence-corrected chi connectivity index (χ3v) is 5.99. The highest BCUT2D eigenvalue weighted by Crippen LogP contribution is 2.29. The molecule has 8 nitrogen and oxygen atoms in total. The number of hydrogen-bond acceptors (Lipinski definition) is 5. The third kappa shape index (κ3) is 4.71. The van der Waals surface area contributed by atoms with Gasteiger partial charge in [-0.15, -0.1) is 4.83 Å². The van der Waals surface area contributed by atoms with Gasteiger partial charge in [-0.05, 0) is 49.0 Å². The second-order valence-electron chi connectivity index (χ2n) is 6.05. The van der Waals surface area contributed by atoms with E-state index in [1.807, 2.05) is 0 Å². The molecule has 0 saturated heterocycles. The molecule has 3 aromatic rings. The van der Waals surface area contributed by atoms with E-state index in [1.165, 1.54) is 48.7 Å². The summed E-state index contributed by atoms with van der Waals surface area (Å²) < 4.78 is 61.6. The maximum atomic E-state index is 14.4. The lowest BCUT2D eigenvalue weighted by molar-refractivity contribution is 0.555. The molecule has 154 valence electrons. The molecule has 2 aromatic carbocycles. The van der Waals surface area contributed by atoms with Crippen molar-refractivity contribution < 1.29 is 21.6 Å². The van der Waals surface area contributed by atoms with Gasteiger partial charge in [-0.1, -0.05) is 18.2 Å². The molecule has 4 N–H and O–H groups in total. The SMILES string of the molecule is CNCc1cc(-c2ccccc2F)n(S(=O)(=O)c2cccc(NNS(=O)O)c2)c1. The molecule has 0 amide bonds. The van der Waals surface area contributed by atoms with E-state index in [4.69, 9.17) is 4.55 Å². The standard InChI is InChI=1S/C18H19FN4O4S2/c1-20-11-13-9-18(16-7-2-3-8-17(16)19)23(12-13)29(26,27)15-6-4-5-14(10-15)21-22-28(24)25/h2-10,12,20-22H,11H2,1H3,(H,24,25). The number of anilines is 1. The minimum absolute atomic E-state index is 0.0720. The largest absolute Gasteiger partial charge is 0.316 e. The van der Waals surface area contributed by atoms with Gasteiger partial charge in [0.15, 0.2) is 0 Å². The van der Waals surface area contributed by atoms with Crippen LogP contribution in [0.25, 0.3) is 11.3 Å². The van der Waals surface area contributed by atoms with Gasteiger partial charge in [0.2, 0.25) is 11.3 Å². The van der Waals surface area contributed by atoms with Crippen molar-refractivity contribution in [3.05, 3.63) is 72.2 Å². The van der Waals surface area contributed by atoms with Gasteiger partial charge >= 0.3 is 0 Å². The summed E-state index contributed by atoms with van der Waals surface area (Å²) in [4.78, 5) is 1.99. The third-order valence-electron chi connectivity index (χ3n) is 4.05. The minimum atomic E-state index is -4.08. The van der Waals surface area contributed by atoms with Crippen LogP contribution in [0.15, 0.2) is 65.7 Å². The number of nitrogens with one attached hydrogen (secondary N) is 3. The van der Waals surface area contributed by atoms with Crippen LogP contribution in [0.4, 0.5) is 10.1 Å². The second-order valence-corrected chi connectivity index (χ2v) is 8.57. The van der Waals surface area contributed by atoms with Gasteiger partial charge in [-0.2, -0.15) is 0 Å². The van der Waals surface area contributed by atoms with Gasteiger partial charge < -0.3 is 10.7 Å². The van der Waals surface area contributed by atoms with Crippen LogP contribution in [0, 0.1) is 5.82 Å². The Labute approximate surface area is 170 Å². The molecule has 0 saturated carbocycles. The van der Waals surface area contributed by atoms with E-state index in [2.05, 4.69) is 15.6 Å². The fraction of sp³-hybridized carbons (Fsp3) is 0.111. The highest BCUT2D eigenvalue weighted by Gasteiger charge is 2.23. The summed E-state index contributed by atoms with van der Waals surface area (Å²) in [7, 11) is -2.35. The van der Waals surface area contributed by atoms with Crippen molar-refractivity contribution >= 4 is 27.0 Å². The van der Waals surface area contributed by atoms with E-state index in [-0.39, 0.29) is 21.8 Å². The molecule has 1 unspecified atom stereocenters. The van der Waals surface area contributed by atoms with Crippen molar-refractivity contribution in [2.24, 2.45) is 0 Å². The molecule has 1 heterocycles. The molecule has 0 bridgehead atoms. The number of nitrogens with zero attached hydrogens (tertiary/aromatic N) is 1. The van der Waals surface area contributed by atoms with Crippen molar-refractivity contribution in [1.82, 2.24) is 14.1 Å². The van der Waals surface area contributed by atoms with Crippen LogP contribution in [0.2, 0.25) is 0 Å². The highest BCUT2D eigenvalue weighted by atomic mass is 32.2. The topological polar surface area (TPSA) is 112 Å². The van der Waals surface area contributed by atoms with Gasteiger partial charge in [0, 0.05) is 18.3 Å². The highest BCUT2D eigenvalue weighted by molar-refractivity contribution is 7.90. The Morgan fingerprint density at radius 3 is 2.59 bits per heavy atom. The molecule has 0 fully saturated rings. The van der Waals surface area contributed by atoms with Crippen LogP contribution in [-0.2, 0) is 27.8 Å². The molecule has 3 rings (SSSR count). The van der Waals surface area contributed by atoms with E-state index in [0.717, 1.165) is 3.97 Å². The van der Waals surface area contributed by atoms with Crippen molar-refractivity contribution in [1.29, 1.82) is 0 Å². The summed E-state index contributed by atoms with van der Waals surface area (Å²) in [6, 6.07) is 13.3. The lowest BCUT2D eigenvalue weighted by atomic mass is 10.1. The molecular weight excluding hydrogens is 419 g/mol. The van der Waals surface area contributed by atoms with Crippen LogP contribution in [0.3, 0.4) is 0 Å². The van der Waals surface area contributed by atoms with Gasteiger partial charge in [-0.3, -0.25) is 4.55 Å². The van der Waals surface area contributed by atoms with E-state index < -0.39 is 27.1 Å². The first-order valence-corrected chi connectivity index (χ1v) is 11.0. The van der Waals surface area contributed by atoms with Gasteiger partial charge in [-0.25, -0.2) is 21.0 Å². The Bertz CT molecular complexity index is 1150. The molecule has 0 spiro atoms. The fourth-order valence-corrected chi connectivity index (χ4v) is 4.46. The first kappa shape index (κ1) is 21.1. The molecule has 1 aromatic heterocycles. The first-order valence-electron chi connectivity index (χ1n) is 8.42. The number of rotatable bonds is 8. The molecule has 1 atom stereocenters. The molecule has 29 heavy (non-hydrogen) atoms. The van der Waals surface area contributed by atoms with Crippen LogP contribution in [0.1, 0.15) is 5.56 Å². The normalized spacial score (nSPS) is 12.7. The molecule has 0 aliphatic rings. The van der Waals surface area contributed by atoms with Gasteiger partial charge in [0.05, 0.1) is 16.3 Å². The quantitative estimate of drug-likeness (QED) is 0.317. The summed E-state index contributed by atoms with van der Waals surface area (Å²) in [6.45, 7) is 0.401. The fourth-order valence-electron chi connectivity index (χ4n) is 2.81. The van der Waals surface area contributed by atoms with Gasteiger partial charge in [0.25, 0.3) is 10.0 Å². The van der Waals surface area contributed by atoms with Crippen molar-refractivity contribution in [3.8, 4) is 11.3 Å². The van der Waals surface area contributed by atoms with Crippen LogP contribution in [-0.4, -0.2) is 28.2 Å². The number of halogens is 1. The first-order chi connectivity index (χ1) is 13.8. The van der Waals surface area contributed by atoms with Crippen LogP contribution < -0.4 is 15.6 Å². The number of benzene rings is 2. The molecule has 11 heteroatoms. The number of aromatic nitrogens is 1. The Kier molecular flexibility index (Phi) is 6.45. The lowest BCUT2D eigenvalue weighted by Crippen LogP contribution is -2.23. The summed E-state index contributed by atoms with van der Waals surface area (Å²) in [5, 5.41) is 2.95. The zero-order valence-corrected chi connectivity index (χ0v) is 16.9. The van der Waals surface area contributed by atoms with Gasteiger partial charge in [0.1, 0.15) is 5.82 Å². The van der Waals surface area contributed by atoms with Crippen molar-refractivity contribution in [2.75, 3.05) is 12.5 Å². The smallest absolute Gasteiger partial charge is 0.268 e. The number of hydrazine groups is 1. The minimum Gasteiger partial charge on any atom is -0.316 e. The summed E-state index contributed by atoms with van der Waals surface area (Å²) in [5.74, 6) is -0.539. The Hall–Kier alpha value is -2.57. The molecular formula is C18H19FN4O4S2.